The Morgan fingerprint density at radius 2 is 1.83 bits per heavy atom. The number of nitrogens with one attached hydrogen (secondary N) is 2. The molecule has 6 heteroatoms. The summed E-state index contributed by atoms with van der Waals surface area (Å²) < 4.78 is 0. The number of nitrogens with zero attached hydrogens (tertiary/aromatic N) is 2. The second kappa shape index (κ2) is 5.90. The number of carbonyl (C=O) groups excluding carboxylic acids is 2. The monoisotopic (exact) mass is 330 g/mol. The first-order valence-corrected chi connectivity index (χ1v) is 9.18. The molecule has 2 bridgehead atoms. The Balaban J connectivity index is 1.36. The predicted molar refractivity (Wildman–Crippen MR) is 91.1 cm³/mol. The zero-order valence-electron chi connectivity index (χ0n) is 14.4. The molecule has 0 spiro atoms. The molecule has 130 valence electrons. The second-order valence-corrected chi connectivity index (χ2v) is 7.55. The van der Waals surface area contributed by atoms with Crippen molar-refractivity contribution >= 4 is 17.8 Å². The molecular formula is C18H26N4O2. The maximum absolute atomic E-state index is 12.6. The van der Waals surface area contributed by atoms with Crippen LogP contribution in [-0.2, 0) is 9.59 Å². The van der Waals surface area contributed by atoms with E-state index in [1.54, 1.807) is 0 Å². The van der Waals surface area contributed by atoms with E-state index in [0.717, 1.165) is 18.9 Å². The summed E-state index contributed by atoms with van der Waals surface area (Å²) in [6, 6.07) is 0.499. The van der Waals surface area contributed by atoms with Gasteiger partial charge in [0.05, 0.1) is 18.4 Å². The molecule has 2 amide bonds. The fourth-order valence-electron chi connectivity index (χ4n) is 4.47. The van der Waals surface area contributed by atoms with Gasteiger partial charge in [0.25, 0.3) is 0 Å². The lowest BCUT2D eigenvalue weighted by atomic mass is 9.85. The maximum Gasteiger partial charge on any atom is 0.233 e. The highest BCUT2D eigenvalue weighted by atomic mass is 16.2. The fourth-order valence-corrected chi connectivity index (χ4v) is 4.47. The average molecular weight is 330 g/mol. The normalized spacial score (nSPS) is 39.6. The number of carbonyl (C=O) groups is 2. The SMILES string of the molecule is CCNC(=NCCN1C(=O)C2C3C=CC(C3)C2C1=O)NC1CC1C. The van der Waals surface area contributed by atoms with Crippen LogP contribution in [0.5, 0.6) is 0 Å². The van der Waals surface area contributed by atoms with Crippen LogP contribution < -0.4 is 10.6 Å². The summed E-state index contributed by atoms with van der Waals surface area (Å²) in [5.41, 5.74) is 0. The Morgan fingerprint density at radius 3 is 2.38 bits per heavy atom. The molecule has 4 rings (SSSR count). The van der Waals surface area contributed by atoms with Gasteiger partial charge in [-0.1, -0.05) is 19.1 Å². The lowest BCUT2D eigenvalue weighted by Crippen LogP contribution is -2.40. The van der Waals surface area contributed by atoms with Crippen molar-refractivity contribution in [2.24, 2.45) is 34.6 Å². The highest BCUT2D eigenvalue weighted by Crippen LogP contribution is 2.52. The number of allylic oxidation sites excluding steroid dienone is 2. The van der Waals surface area contributed by atoms with E-state index in [1.165, 1.54) is 11.3 Å². The molecule has 0 radical (unpaired) electrons. The van der Waals surface area contributed by atoms with Crippen LogP contribution in [0.1, 0.15) is 26.7 Å². The summed E-state index contributed by atoms with van der Waals surface area (Å²) in [4.78, 5) is 31.2. The minimum atomic E-state index is -0.102. The Labute approximate surface area is 142 Å². The van der Waals surface area contributed by atoms with Crippen LogP contribution in [0.4, 0.5) is 0 Å². The first kappa shape index (κ1) is 15.7. The van der Waals surface area contributed by atoms with Crippen LogP contribution in [0.2, 0.25) is 0 Å². The van der Waals surface area contributed by atoms with E-state index in [1.807, 2.05) is 6.92 Å². The lowest BCUT2D eigenvalue weighted by molar-refractivity contribution is -0.140. The first-order valence-electron chi connectivity index (χ1n) is 9.18. The van der Waals surface area contributed by atoms with Crippen molar-refractivity contribution in [3.8, 4) is 0 Å². The predicted octanol–water partition coefficient (Wildman–Crippen LogP) is 0.757. The van der Waals surface area contributed by atoms with Crippen LogP contribution in [0.3, 0.4) is 0 Å². The van der Waals surface area contributed by atoms with Gasteiger partial charge >= 0.3 is 0 Å². The summed E-state index contributed by atoms with van der Waals surface area (Å²) in [6.07, 6.45) is 6.41. The molecule has 4 aliphatic rings. The minimum Gasteiger partial charge on any atom is -0.357 e. The van der Waals surface area contributed by atoms with Crippen LogP contribution in [0.15, 0.2) is 17.1 Å². The summed E-state index contributed by atoms with van der Waals surface area (Å²) in [7, 11) is 0. The van der Waals surface area contributed by atoms with E-state index in [-0.39, 0.29) is 35.5 Å². The van der Waals surface area contributed by atoms with Gasteiger partial charge in [-0.15, -0.1) is 0 Å². The minimum absolute atomic E-state index is 0.0193. The molecule has 6 unspecified atom stereocenters. The highest BCUT2D eigenvalue weighted by Gasteiger charge is 2.58. The third kappa shape index (κ3) is 2.52. The third-order valence-corrected chi connectivity index (χ3v) is 5.93. The van der Waals surface area contributed by atoms with Gasteiger partial charge in [-0.05, 0) is 37.5 Å². The van der Waals surface area contributed by atoms with Gasteiger partial charge in [-0.3, -0.25) is 19.5 Å². The fraction of sp³-hybridized carbons (Fsp3) is 0.722. The second-order valence-electron chi connectivity index (χ2n) is 7.55. The van der Waals surface area contributed by atoms with Gasteiger partial charge in [-0.2, -0.15) is 0 Å². The van der Waals surface area contributed by atoms with Gasteiger partial charge in [0.15, 0.2) is 5.96 Å². The number of fused-ring (bicyclic) bond motifs is 5. The topological polar surface area (TPSA) is 73.8 Å². The van der Waals surface area contributed by atoms with Crippen molar-refractivity contribution in [2.45, 2.75) is 32.7 Å². The molecule has 2 saturated carbocycles. The van der Waals surface area contributed by atoms with Gasteiger partial charge in [0.2, 0.25) is 11.8 Å². The van der Waals surface area contributed by atoms with Crippen molar-refractivity contribution in [2.75, 3.05) is 19.6 Å². The number of hydrogen-bond donors (Lipinski definition) is 2. The molecule has 24 heavy (non-hydrogen) atoms. The number of imide groups is 1. The maximum atomic E-state index is 12.6. The van der Waals surface area contributed by atoms with Crippen molar-refractivity contribution in [1.29, 1.82) is 0 Å². The molecule has 3 fully saturated rings. The first-order chi connectivity index (χ1) is 11.6. The Hall–Kier alpha value is -1.85. The van der Waals surface area contributed by atoms with E-state index >= 15 is 0 Å². The lowest BCUT2D eigenvalue weighted by Gasteiger charge is -2.17. The van der Waals surface area contributed by atoms with E-state index in [2.05, 4.69) is 34.7 Å². The molecule has 6 atom stereocenters. The highest BCUT2D eigenvalue weighted by molar-refractivity contribution is 6.06. The largest absolute Gasteiger partial charge is 0.357 e. The standard InChI is InChI=1S/C18H26N4O2/c1-3-19-18(21-13-8-10(13)2)20-6-7-22-16(23)14-11-4-5-12(9-11)15(14)17(22)24/h4-5,10-15H,3,6-9H2,1-2H3,(H2,19,20,21). The van der Waals surface area contributed by atoms with Crippen molar-refractivity contribution in [3.63, 3.8) is 0 Å². The molecule has 1 heterocycles. The number of rotatable bonds is 5. The van der Waals surface area contributed by atoms with E-state index in [9.17, 15) is 9.59 Å². The Morgan fingerprint density at radius 1 is 1.21 bits per heavy atom. The van der Waals surface area contributed by atoms with Crippen molar-refractivity contribution < 1.29 is 9.59 Å². The molecular weight excluding hydrogens is 304 g/mol. The number of guanidine groups is 1. The number of amides is 2. The summed E-state index contributed by atoms with van der Waals surface area (Å²) in [5.74, 6) is 1.87. The summed E-state index contributed by atoms with van der Waals surface area (Å²) >= 11 is 0. The molecule has 1 saturated heterocycles. The molecule has 2 N–H and O–H groups in total. The van der Waals surface area contributed by atoms with E-state index in [0.29, 0.717) is 25.0 Å². The van der Waals surface area contributed by atoms with E-state index < -0.39 is 0 Å². The zero-order valence-corrected chi connectivity index (χ0v) is 14.4. The van der Waals surface area contributed by atoms with Crippen molar-refractivity contribution in [1.82, 2.24) is 15.5 Å². The summed E-state index contributed by atoms with van der Waals surface area (Å²) in [5, 5.41) is 6.62. The molecule has 1 aliphatic heterocycles. The Kier molecular flexibility index (Phi) is 3.85. The molecule has 6 nitrogen and oxygen atoms in total. The molecule has 0 aromatic heterocycles. The number of likely N-dealkylation sites (tertiary alicyclic amines) is 1. The van der Waals surface area contributed by atoms with Crippen LogP contribution in [0, 0.1) is 29.6 Å². The average Bonchev–Trinajstić information content (AvgIpc) is 2.94. The molecule has 3 aliphatic carbocycles. The molecule has 0 aromatic carbocycles. The van der Waals surface area contributed by atoms with Gasteiger partial charge in [-0.25, -0.2) is 0 Å². The Bertz CT molecular complexity index is 584. The van der Waals surface area contributed by atoms with Crippen molar-refractivity contribution in [3.05, 3.63) is 12.2 Å². The van der Waals surface area contributed by atoms with Gasteiger partial charge in [0, 0.05) is 19.1 Å². The number of aliphatic imine (C=N–C) groups is 1. The number of hydrogen-bond acceptors (Lipinski definition) is 3. The van der Waals surface area contributed by atoms with E-state index in [4.69, 9.17) is 0 Å². The van der Waals surface area contributed by atoms with Crippen LogP contribution in [0.25, 0.3) is 0 Å². The zero-order chi connectivity index (χ0) is 16.8. The third-order valence-electron chi connectivity index (χ3n) is 5.93. The smallest absolute Gasteiger partial charge is 0.233 e. The molecule has 0 aromatic rings. The van der Waals surface area contributed by atoms with Crippen LogP contribution >= 0.6 is 0 Å². The summed E-state index contributed by atoms with van der Waals surface area (Å²) in [6.45, 7) is 5.89. The van der Waals surface area contributed by atoms with Gasteiger partial charge in [0.1, 0.15) is 0 Å². The quantitative estimate of drug-likeness (QED) is 0.338. The van der Waals surface area contributed by atoms with Crippen LogP contribution in [-0.4, -0.2) is 48.3 Å². The van der Waals surface area contributed by atoms with Gasteiger partial charge < -0.3 is 10.6 Å².